The summed E-state index contributed by atoms with van der Waals surface area (Å²) in [5, 5.41) is 9.44. The van der Waals surface area contributed by atoms with E-state index in [2.05, 4.69) is 6.58 Å². The van der Waals surface area contributed by atoms with Crippen molar-refractivity contribution in [1.82, 2.24) is 0 Å². The molecular formula is C11H22O2. The Morgan fingerprint density at radius 1 is 1.31 bits per heavy atom. The first-order valence-electron chi connectivity index (χ1n) is 4.74. The summed E-state index contributed by atoms with van der Waals surface area (Å²) in [6.45, 7) is 11.9. The minimum absolute atomic E-state index is 0.160. The zero-order chi connectivity index (χ0) is 10.5. The van der Waals surface area contributed by atoms with Crippen LogP contribution in [-0.4, -0.2) is 22.9 Å². The molecule has 0 aromatic carbocycles. The molecule has 0 heterocycles. The largest absolute Gasteiger partial charge is 0.390 e. The molecule has 0 bridgehead atoms. The molecular weight excluding hydrogens is 164 g/mol. The van der Waals surface area contributed by atoms with E-state index in [9.17, 15) is 5.11 Å². The van der Waals surface area contributed by atoms with Crippen LogP contribution in [0.15, 0.2) is 12.7 Å². The van der Waals surface area contributed by atoms with Gasteiger partial charge in [-0.3, -0.25) is 0 Å². The Morgan fingerprint density at radius 2 is 1.85 bits per heavy atom. The Morgan fingerprint density at radius 3 is 2.23 bits per heavy atom. The van der Waals surface area contributed by atoms with Crippen LogP contribution in [0.2, 0.25) is 0 Å². The zero-order valence-corrected chi connectivity index (χ0v) is 9.26. The van der Waals surface area contributed by atoms with E-state index in [1.165, 1.54) is 0 Å². The number of hydrogen-bond donors (Lipinski definition) is 1. The fraction of sp³-hybridized carbons (Fsp3) is 0.818. The maximum absolute atomic E-state index is 9.44. The average molecular weight is 186 g/mol. The van der Waals surface area contributed by atoms with Gasteiger partial charge in [-0.25, -0.2) is 0 Å². The lowest BCUT2D eigenvalue weighted by atomic mass is 10.0. The Kier molecular flexibility index (Phi) is 4.65. The predicted octanol–water partition coefficient (Wildman–Crippen LogP) is 2.52. The topological polar surface area (TPSA) is 29.5 Å². The number of rotatable bonds is 6. The van der Waals surface area contributed by atoms with Gasteiger partial charge in [-0.1, -0.05) is 6.08 Å². The van der Waals surface area contributed by atoms with Gasteiger partial charge in [-0.2, -0.15) is 0 Å². The highest BCUT2D eigenvalue weighted by Crippen LogP contribution is 2.17. The summed E-state index contributed by atoms with van der Waals surface area (Å²) in [6.07, 6.45) is 3.34. The van der Waals surface area contributed by atoms with Gasteiger partial charge < -0.3 is 9.84 Å². The minimum Gasteiger partial charge on any atom is -0.390 e. The molecule has 13 heavy (non-hydrogen) atoms. The molecule has 0 unspecified atom stereocenters. The maximum atomic E-state index is 9.44. The van der Waals surface area contributed by atoms with Crippen LogP contribution in [0.25, 0.3) is 0 Å². The van der Waals surface area contributed by atoms with Gasteiger partial charge in [0.25, 0.3) is 0 Å². The molecule has 0 aromatic rings. The molecule has 0 aromatic heterocycles. The van der Waals surface area contributed by atoms with Crippen LogP contribution >= 0.6 is 0 Å². The summed E-state index contributed by atoms with van der Waals surface area (Å²) in [6, 6.07) is 0. The summed E-state index contributed by atoms with van der Waals surface area (Å²) < 4.78 is 5.61. The normalized spacial score (nSPS) is 13.0. The number of hydrogen-bond acceptors (Lipinski definition) is 2. The fourth-order valence-electron chi connectivity index (χ4n) is 0.984. The molecule has 78 valence electrons. The fourth-order valence-corrected chi connectivity index (χ4v) is 0.984. The van der Waals surface area contributed by atoms with E-state index in [1.54, 1.807) is 13.8 Å². The molecule has 2 nitrogen and oxygen atoms in total. The lowest BCUT2D eigenvalue weighted by Gasteiger charge is -2.26. The monoisotopic (exact) mass is 186 g/mol. The summed E-state index contributed by atoms with van der Waals surface area (Å²) in [4.78, 5) is 0. The molecule has 0 radical (unpaired) electrons. The Hall–Kier alpha value is -0.340. The van der Waals surface area contributed by atoms with Crippen molar-refractivity contribution in [1.29, 1.82) is 0 Å². The van der Waals surface area contributed by atoms with Crippen LogP contribution < -0.4 is 0 Å². The molecule has 0 amide bonds. The van der Waals surface area contributed by atoms with E-state index >= 15 is 0 Å². The SMILES string of the molecule is C=CCC(C)(C)OCCC(C)(C)O. The lowest BCUT2D eigenvalue weighted by Crippen LogP contribution is -2.28. The van der Waals surface area contributed by atoms with E-state index in [-0.39, 0.29) is 5.60 Å². The van der Waals surface area contributed by atoms with Gasteiger partial charge in [0, 0.05) is 0 Å². The molecule has 0 saturated carbocycles. The van der Waals surface area contributed by atoms with Crippen molar-refractivity contribution >= 4 is 0 Å². The number of aliphatic hydroxyl groups is 1. The summed E-state index contributed by atoms with van der Waals surface area (Å²) >= 11 is 0. The molecule has 0 saturated heterocycles. The molecule has 0 rings (SSSR count). The third-order valence-electron chi connectivity index (χ3n) is 1.84. The molecule has 0 fully saturated rings. The van der Waals surface area contributed by atoms with Crippen LogP contribution in [0.1, 0.15) is 40.5 Å². The predicted molar refractivity (Wildman–Crippen MR) is 55.8 cm³/mol. The first-order chi connectivity index (χ1) is 5.77. The smallest absolute Gasteiger partial charge is 0.0660 e. The Balaban J connectivity index is 3.69. The third-order valence-corrected chi connectivity index (χ3v) is 1.84. The highest BCUT2D eigenvalue weighted by molar-refractivity contribution is 4.80. The van der Waals surface area contributed by atoms with Crippen molar-refractivity contribution in [2.24, 2.45) is 0 Å². The van der Waals surface area contributed by atoms with Gasteiger partial charge in [-0.15, -0.1) is 6.58 Å². The van der Waals surface area contributed by atoms with E-state index in [1.807, 2.05) is 19.9 Å². The number of ether oxygens (including phenoxy) is 1. The van der Waals surface area contributed by atoms with E-state index < -0.39 is 5.60 Å². The molecule has 1 N–H and O–H groups in total. The van der Waals surface area contributed by atoms with Crippen molar-refractivity contribution in [2.75, 3.05) is 6.61 Å². The van der Waals surface area contributed by atoms with Crippen molar-refractivity contribution < 1.29 is 9.84 Å². The van der Waals surface area contributed by atoms with Gasteiger partial charge in [0.2, 0.25) is 0 Å². The van der Waals surface area contributed by atoms with Crippen molar-refractivity contribution in [3.63, 3.8) is 0 Å². The summed E-state index contributed by atoms with van der Waals surface area (Å²) in [5.74, 6) is 0. The third kappa shape index (κ3) is 8.00. The second kappa shape index (κ2) is 4.77. The minimum atomic E-state index is -0.635. The quantitative estimate of drug-likeness (QED) is 0.646. The van der Waals surface area contributed by atoms with Gasteiger partial charge in [0.05, 0.1) is 17.8 Å². The molecule has 0 aliphatic rings. The standard InChI is InChI=1S/C11H22O2/c1-6-7-11(4,5)13-9-8-10(2,3)12/h6,12H,1,7-9H2,2-5H3. The highest BCUT2D eigenvalue weighted by atomic mass is 16.5. The van der Waals surface area contributed by atoms with Crippen molar-refractivity contribution in [3.8, 4) is 0 Å². The molecule has 0 spiro atoms. The molecule has 0 atom stereocenters. The lowest BCUT2D eigenvalue weighted by molar-refractivity contribution is -0.0439. The first-order valence-corrected chi connectivity index (χ1v) is 4.74. The van der Waals surface area contributed by atoms with Crippen LogP contribution in [0.5, 0.6) is 0 Å². The van der Waals surface area contributed by atoms with Gasteiger partial charge in [-0.05, 0) is 40.5 Å². The molecule has 0 aliphatic heterocycles. The van der Waals surface area contributed by atoms with E-state index in [0.29, 0.717) is 13.0 Å². The van der Waals surface area contributed by atoms with Crippen LogP contribution in [0.4, 0.5) is 0 Å². The Labute approximate surface area is 81.6 Å². The Bertz CT molecular complexity index is 154. The van der Waals surface area contributed by atoms with E-state index in [4.69, 9.17) is 4.74 Å². The summed E-state index contributed by atoms with van der Waals surface area (Å²) in [5.41, 5.74) is -0.794. The van der Waals surface area contributed by atoms with Gasteiger partial charge in [0.1, 0.15) is 0 Å². The maximum Gasteiger partial charge on any atom is 0.0660 e. The van der Waals surface area contributed by atoms with Crippen molar-refractivity contribution in [3.05, 3.63) is 12.7 Å². The van der Waals surface area contributed by atoms with Gasteiger partial charge >= 0.3 is 0 Å². The summed E-state index contributed by atoms with van der Waals surface area (Å²) in [7, 11) is 0. The van der Waals surface area contributed by atoms with Crippen molar-refractivity contribution in [2.45, 2.75) is 51.7 Å². The zero-order valence-electron chi connectivity index (χ0n) is 9.26. The first kappa shape index (κ1) is 12.7. The average Bonchev–Trinajstić information content (AvgIpc) is 1.82. The molecule has 0 aliphatic carbocycles. The molecule has 2 heteroatoms. The second-order valence-electron chi connectivity index (χ2n) is 4.66. The van der Waals surface area contributed by atoms with Crippen LogP contribution in [0.3, 0.4) is 0 Å². The van der Waals surface area contributed by atoms with E-state index in [0.717, 1.165) is 6.42 Å². The highest BCUT2D eigenvalue weighted by Gasteiger charge is 2.18. The van der Waals surface area contributed by atoms with Crippen LogP contribution in [-0.2, 0) is 4.74 Å². The van der Waals surface area contributed by atoms with Crippen LogP contribution in [0, 0.1) is 0 Å². The van der Waals surface area contributed by atoms with Gasteiger partial charge in [0.15, 0.2) is 0 Å². The second-order valence-corrected chi connectivity index (χ2v) is 4.66.